The Bertz CT molecular complexity index is 508. The Morgan fingerprint density at radius 3 is 2.65 bits per heavy atom. The first-order valence-electron chi connectivity index (χ1n) is 7.15. The number of rotatable bonds is 2. The van der Waals surface area contributed by atoms with Crippen molar-refractivity contribution in [3.05, 3.63) is 34.3 Å². The van der Waals surface area contributed by atoms with Crippen molar-refractivity contribution in [3.8, 4) is 0 Å². The highest BCUT2D eigenvalue weighted by Crippen LogP contribution is 2.22. The summed E-state index contributed by atoms with van der Waals surface area (Å²) in [6.07, 6.45) is 0. The lowest BCUT2D eigenvalue weighted by atomic mass is 10.0. The third-order valence-electron chi connectivity index (χ3n) is 4.24. The highest BCUT2D eigenvalue weighted by molar-refractivity contribution is 6.30. The second-order valence-corrected chi connectivity index (χ2v) is 6.05. The van der Waals surface area contributed by atoms with Crippen LogP contribution in [-0.4, -0.2) is 61.0 Å². The van der Waals surface area contributed by atoms with Crippen molar-refractivity contribution in [1.29, 1.82) is 0 Å². The van der Waals surface area contributed by atoms with Crippen LogP contribution in [0.2, 0.25) is 5.02 Å². The fourth-order valence-corrected chi connectivity index (χ4v) is 3.16. The van der Waals surface area contributed by atoms with E-state index in [2.05, 4.69) is 10.2 Å². The van der Waals surface area contributed by atoms with E-state index in [0.717, 1.165) is 50.4 Å². The minimum absolute atomic E-state index is 0.130. The number of hydrogen-bond acceptors (Lipinski definition) is 3. The molecule has 2 heterocycles. The van der Waals surface area contributed by atoms with Crippen LogP contribution in [0.1, 0.15) is 15.9 Å². The molecule has 0 aliphatic carbocycles. The molecular formula is C15H20ClN3O. The van der Waals surface area contributed by atoms with Crippen LogP contribution in [0.4, 0.5) is 0 Å². The highest BCUT2D eigenvalue weighted by atomic mass is 35.5. The summed E-state index contributed by atoms with van der Waals surface area (Å²) in [5.74, 6) is 0.130. The maximum atomic E-state index is 12.4. The fourth-order valence-electron chi connectivity index (χ4n) is 2.94. The predicted octanol–water partition coefficient (Wildman–Crippen LogP) is 1.38. The molecule has 1 N–H and O–H groups in total. The summed E-state index contributed by atoms with van der Waals surface area (Å²) < 4.78 is 0. The van der Waals surface area contributed by atoms with E-state index >= 15 is 0 Å². The zero-order chi connectivity index (χ0) is 14.1. The molecule has 0 unspecified atom stereocenters. The van der Waals surface area contributed by atoms with Gasteiger partial charge in [0.15, 0.2) is 0 Å². The van der Waals surface area contributed by atoms with Crippen LogP contribution in [0.5, 0.6) is 0 Å². The van der Waals surface area contributed by atoms with Gasteiger partial charge in [0.25, 0.3) is 5.91 Å². The standard InChI is InChI=1S/C15H20ClN3O/c1-11-8-12(16)2-3-14(11)15(20)19-9-13(10-19)18-6-4-17-5-7-18/h2-3,8,13,17H,4-7,9-10H2,1H3. The van der Waals surface area contributed by atoms with Gasteiger partial charge in [-0.15, -0.1) is 0 Å². The number of piperazine rings is 1. The van der Waals surface area contributed by atoms with E-state index in [9.17, 15) is 4.79 Å². The summed E-state index contributed by atoms with van der Waals surface area (Å²) in [6, 6.07) is 6.00. The lowest BCUT2D eigenvalue weighted by Crippen LogP contribution is -2.63. The van der Waals surface area contributed by atoms with Gasteiger partial charge in [-0.25, -0.2) is 0 Å². The van der Waals surface area contributed by atoms with E-state index in [1.54, 1.807) is 6.07 Å². The van der Waals surface area contributed by atoms with Crippen molar-refractivity contribution in [2.45, 2.75) is 13.0 Å². The van der Waals surface area contributed by atoms with E-state index in [4.69, 9.17) is 11.6 Å². The van der Waals surface area contributed by atoms with Gasteiger partial charge in [-0.1, -0.05) is 11.6 Å². The monoisotopic (exact) mass is 293 g/mol. The fraction of sp³-hybridized carbons (Fsp3) is 0.533. The van der Waals surface area contributed by atoms with Crippen molar-refractivity contribution >= 4 is 17.5 Å². The number of nitrogens with one attached hydrogen (secondary N) is 1. The Balaban J connectivity index is 1.60. The van der Waals surface area contributed by atoms with Crippen molar-refractivity contribution in [1.82, 2.24) is 15.1 Å². The maximum absolute atomic E-state index is 12.4. The number of hydrogen-bond donors (Lipinski definition) is 1. The van der Waals surface area contributed by atoms with Gasteiger partial charge in [0.2, 0.25) is 0 Å². The summed E-state index contributed by atoms with van der Waals surface area (Å²) in [7, 11) is 0. The Morgan fingerprint density at radius 1 is 1.30 bits per heavy atom. The number of aryl methyl sites for hydroxylation is 1. The maximum Gasteiger partial charge on any atom is 0.254 e. The second-order valence-electron chi connectivity index (χ2n) is 5.61. The molecule has 0 aromatic heterocycles. The predicted molar refractivity (Wildman–Crippen MR) is 80.3 cm³/mol. The molecule has 2 fully saturated rings. The average Bonchev–Trinajstić information content (AvgIpc) is 2.38. The van der Waals surface area contributed by atoms with Crippen LogP contribution >= 0.6 is 11.6 Å². The first-order valence-corrected chi connectivity index (χ1v) is 7.53. The van der Waals surface area contributed by atoms with Gasteiger partial charge in [-0.05, 0) is 30.7 Å². The molecule has 0 spiro atoms. The molecule has 1 aromatic rings. The number of carbonyl (C=O) groups excluding carboxylic acids is 1. The zero-order valence-electron chi connectivity index (χ0n) is 11.7. The van der Waals surface area contributed by atoms with Crippen molar-refractivity contribution in [3.63, 3.8) is 0 Å². The summed E-state index contributed by atoms with van der Waals surface area (Å²) in [5.41, 5.74) is 1.72. The molecule has 2 aliphatic heterocycles. The van der Waals surface area contributed by atoms with E-state index < -0.39 is 0 Å². The van der Waals surface area contributed by atoms with E-state index in [0.29, 0.717) is 11.1 Å². The van der Waals surface area contributed by atoms with Crippen molar-refractivity contribution in [2.75, 3.05) is 39.3 Å². The Kier molecular flexibility index (Phi) is 3.96. The smallest absolute Gasteiger partial charge is 0.254 e. The Hall–Kier alpha value is -1.10. The van der Waals surface area contributed by atoms with E-state index in [-0.39, 0.29) is 5.91 Å². The van der Waals surface area contributed by atoms with Crippen LogP contribution in [0, 0.1) is 6.92 Å². The molecule has 4 nitrogen and oxygen atoms in total. The molecule has 1 aromatic carbocycles. The molecule has 0 radical (unpaired) electrons. The van der Waals surface area contributed by atoms with E-state index in [1.165, 1.54) is 0 Å². The first kappa shape index (κ1) is 13.9. The molecule has 2 aliphatic rings. The molecule has 0 bridgehead atoms. The average molecular weight is 294 g/mol. The van der Waals surface area contributed by atoms with Crippen molar-refractivity contribution in [2.24, 2.45) is 0 Å². The van der Waals surface area contributed by atoms with Crippen molar-refractivity contribution < 1.29 is 4.79 Å². The lowest BCUT2D eigenvalue weighted by Gasteiger charge is -2.46. The zero-order valence-corrected chi connectivity index (χ0v) is 12.5. The third kappa shape index (κ3) is 2.68. The summed E-state index contributed by atoms with van der Waals surface area (Å²) in [5, 5.41) is 4.04. The van der Waals surface area contributed by atoms with Gasteiger partial charge in [0.1, 0.15) is 0 Å². The second kappa shape index (κ2) is 5.72. The minimum Gasteiger partial charge on any atom is -0.335 e. The van der Waals surface area contributed by atoms with Crippen LogP contribution < -0.4 is 5.32 Å². The van der Waals surface area contributed by atoms with Crippen LogP contribution in [-0.2, 0) is 0 Å². The molecular weight excluding hydrogens is 274 g/mol. The SMILES string of the molecule is Cc1cc(Cl)ccc1C(=O)N1CC(N2CCNCC2)C1. The normalized spacial score (nSPS) is 20.8. The Labute approximate surface area is 124 Å². The number of nitrogens with zero attached hydrogens (tertiary/aromatic N) is 2. The molecule has 20 heavy (non-hydrogen) atoms. The quantitative estimate of drug-likeness (QED) is 0.895. The van der Waals surface area contributed by atoms with Gasteiger partial charge < -0.3 is 10.2 Å². The molecule has 108 valence electrons. The molecule has 0 atom stereocenters. The summed E-state index contributed by atoms with van der Waals surface area (Å²) >= 11 is 5.94. The lowest BCUT2D eigenvalue weighted by molar-refractivity contribution is 0.0226. The molecule has 3 rings (SSSR count). The van der Waals surface area contributed by atoms with Crippen LogP contribution in [0.25, 0.3) is 0 Å². The van der Waals surface area contributed by atoms with E-state index in [1.807, 2.05) is 24.0 Å². The number of carbonyl (C=O) groups is 1. The highest BCUT2D eigenvalue weighted by Gasteiger charge is 2.35. The molecule has 2 saturated heterocycles. The van der Waals surface area contributed by atoms with Gasteiger partial charge in [-0.2, -0.15) is 0 Å². The van der Waals surface area contributed by atoms with Gasteiger partial charge in [-0.3, -0.25) is 9.69 Å². The van der Waals surface area contributed by atoms with Crippen LogP contribution in [0.15, 0.2) is 18.2 Å². The largest absolute Gasteiger partial charge is 0.335 e. The first-order chi connectivity index (χ1) is 9.65. The van der Waals surface area contributed by atoms with Gasteiger partial charge in [0, 0.05) is 55.9 Å². The number of halogens is 1. The van der Waals surface area contributed by atoms with Gasteiger partial charge >= 0.3 is 0 Å². The van der Waals surface area contributed by atoms with Gasteiger partial charge in [0.05, 0.1) is 0 Å². The number of amides is 1. The number of benzene rings is 1. The summed E-state index contributed by atoms with van der Waals surface area (Å²) in [4.78, 5) is 16.9. The molecule has 0 saturated carbocycles. The Morgan fingerprint density at radius 2 is 2.00 bits per heavy atom. The molecule has 1 amide bonds. The minimum atomic E-state index is 0.130. The third-order valence-corrected chi connectivity index (χ3v) is 4.47. The topological polar surface area (TPSA) is 35.6 Å². The summed E-state index contributed by atoms with van der Waals surface area (Å²) in [6.45, 7) is 7.93. The number of likely N-dealkylation sites (tertiary alicyclic amines) is 1. The van der Waals surface area contributed by atoms with Crippen LogP contribution in [0.3, 0.4) is 0 Å². The molecule has 5 heteroatoms.